The Labute approximate surface area is 194 Å². The van der Waals surface area contributed by atoms with Crippen molar-refractivity contribution >= 4 is 51.4 Å². The van der Waals surface area contributed by atoms with Gasteiger partial charge in [-0.15, -0.1) is 11.3 Å². The lowest BCUT2D eigenvalue weighted by Crippen LogP contribution is -2.21. The molecule has 0 bridgehead atoms. The van der Waals surface area contributed by atoms with Crippen LogP contribution >= 0.6 is 34.5 Å². The second kappa shape index (κ2) is 9.73. The number of aryl methyl sites for hydroxylation is 3. The van der Waals surface area contributed by atoms with Gasteiger partial charge in [0.05, 0.1) is 7.11 Å². The fourth-order valence-corrected chi connectivity index (χ4v) is 4.60. The molecule has 1 aromatic heterocycles. The predicted molar refractivity (Wildman–Crippen MR) is 126 cm³/mol. The number of halogens is 2. The highest BCUT2D eigenvalue weighted by atomic mass is 35.5. The Morgan fingerprint density at radius 1 is 1.06 bits per heavy atom. The van der Waals surface area contributed by atoms with Crippen molar-refractivity contribution in [2.75, 3.05) is 19.0 Å². The molecule has 31 heavy (non-hydrogen) atoms. The van der Waals surface area contributed by atoms with Crippen LogP contribution < -0.4 is 10.1 Å². The number of nitrogens with one attached hydrogen (secondary N) is 1. The number of rotatable bonds is 6. The Hall–Kier alpha value is -2.54. The van der Waals surface area contributed by atoms with Crippen molar-refractivity contribution in [3.63, 3.8) is 0 Å². The first-order valence-corrected chi connectivity index (χ1v) is 11.0. The molecule has 0 saturated carbocycles. The lowest BCUT2D eigenvalue weighted by molar-refractivity contribution is -0.118. The van der Waals surface area contributed by atoms with E-state index >= 15 is 0 Å². The average Bonchev–Trinajstić information content (AvgIpc) is 3.05. The van der Waals surface area contributed by atoms with Gasteiger partial charge in [0.2, 0.25) is 0 Å². The van der Waals surface area contributed by atoms with Crippen molar-refractivity contribution in [2.45, 2.75) is 20.8 Å². The van der Waals surface area contributed by atoms with Gasteiger partial charge < -0.3 is 14.8 Å². The van der Waals surface area contributed by atoms with Crippen LogP contribution in [0.15, 0.2) is 36.4 Å². The largest absolute Gasteiger partial charge is 0.484 e. The fraction of sp³-hybridized carbons (Fsp3) is 0.217. The maximum Gasteiger partial charge on any atom is 0.341 e. The molecule has 0 saturated heterocycles. The van der Waals surface area contributed by atoms with E-state index in [0.717, 1.165) is 21.6 Å². The first kappa shape index (κ1) is 23.1. The van der Waals surface area contributed by atoms with Crippen molar-refractivity contribution in [3.05, 3.63) is 68.0 Å². The third kappa shape index (κ3) is 5.21. The molecular formula is C23H21Cl2NO4S. The summed E-state index contributed by atoms with van der Waals surface area (Å²) in [6, 6.07) is 10.7. The predicted octanol–water partition coefficient (Wildman–Crippen LogP) is 6.45. The lowest BCUT2D eigenvalue weighted by Gasteiger charge is -2.11. The highest BCUT2D eigenvalue weighted by Gasteiger charge is 2.25. The molecule has 3 rings (SSSR count). The van der Waals surface area contributed by atoms with E-state index in [1.165, 1.54) is 18.4 Å². The standard InChI is InChI=1S/C23H21Cl2NO4S/c1-12-8-17(9-13(2)21(12)25)30-11-18(27)26-22-20(23(28)29-4)19(14(3)31-22)15-6-5-7-16(24)10-15/h5-10H,11H2,1-4H3,(H,26,27). The van der Waals surface area contributed by atoms with E-state index < -0.39 is 11.9 Å². The first-order valence-electron chi connectivity index (χ1n) is 9.38. The SMILES string of the molecule is COC(=O)c1c(NC(=O)COc2cc(C)c(Cl)c(C)c2)sc(C)c1-c1cccc(Cl)c1. The number of hydrogen-bond donors (Lipinski definition) is 1. The summed E-state index contributed by atoms with van der Waals surface area (Å²) in [6.45, 7) is 5.40. The molecule has 2 aromatic carbocycles. The zero-order chi connectivity index (χ0) is 22.7. The summed E-state index contributed by atoms with van der Waals surface area (Å²) in [6.07, 6.45) is 0. The summed E-state index contributed by atoms with van der Waals surface area (Å²) in [4.78, 5) is 26.0. The fourth-order valence-electron chi connectivity index (χ4n) is 3.22. The summed E-state index contributed by atoms with van der Waals surface area (Å²) in [5, 5.41) is 4.39. The molecule has 0 aliphatic heterocycles. The molecule has 1 N–H and O–H groups in total. The quantitative estimate of drug-likeness (QED) is 0.414. The molecule has 5 nitrogen and oxygen atoms in total. The molecular weight excluding hydrogens is 457 g/mol. The van der Waals surface area contributed by atoms with Crippen LogP contribution in [0.5, 0.6) is 5.75 Å². The molecule has 162 valence electrons. The number of carbonyl (C=O) groups is 2. The smallest absolute Gasteiger partial charge is 0.341 e. The van der Waals surface area contributed by atoms with Crippen molar-refractivity contribution in [1.82, 2.24) is 0 Å². The van der Waals surface area contributed by atoms with E-state index in [1.54, 1.807) is 30.3 Å². The number of methoxy groups -OCH3 is 1. The van der Waals surface area contributed by atoms with Crippen molar-refractivity contribution in [1.29, 1.82) is 0 Å². The van der Waals surface area contributed by atoms with Crippen LogP contribution in [0.2, 0.25) is 10.0 Å². The Bertz CT molecular complexity index is 1130. The van der Waals surface area contributed by atoms with Gasteiger partial charge in [-0.05, 0) is 61.7 Å². The van der Waals surface area contributed by atoms with Crippen LogP contribution in [-0.2, 0) is 9.53 Å². The Kier molecular flexibility index (Phi) is 7.26. The van der Waals surface area contributed by atoms with Crippen LogP contribution in [0, 0.1) is 20.8 Å². The first-order chi connectivity index (χ1) is 14.7. The van der Waals surface area contributed by atoms with Gasteiger partial charge in [-0.1, -0.05) is 35.3 Å². The molecule has 3 aromatic rings. The maximum absolute atomic E-state index is 12.6. The molecule has 0 atom stereocenters. The molecule has 0 spiro atoms. The van der Waals surface area contributed by atoms with Gasteiger partial charge in [0.1, 0.15) is 16.3 Å². The summed E-state index contributed by atoms with van der Waals surface area (Å²) in [5.41, 5.74) is 3.47. The van der Waals surface area contributed by atoms with Gasteiger partial charge in [-0.2, -0.15) is 0 Å². The summed E-state index contributed by atoms with van der Waals surface area (Å²) in [5.74, 6) is -0.390. The van der Waals surface area contributed by atoms with E-state index in [9.17, 15) is 9.59 Å². The normalized spacial score (nSPS) is 10.6. The van der Waals surface area contributed by atoms with Crippen LogP contribution in [0.3, 0.4) is 0 Å². The van der Waals surface area contributed by atoms with Crippen molar-refractivity contribution in [2.24, 2.45) is 0 Å². The second-order valence-electron chi connectivity index (χ2n) is 6.95. The molecule has 0 unspecified atom stereocenters. The monoisotopic (exact) mass is 477 g/mol. The van der Waals surface area contributed by atoms with Crippen LogP contribution in [-0.4, -0.2) is 25.6 Å². The van der Waals surface area contributed by atoms with Crippen molar-refractivity contribution < 1.29 is 19.1 Å². The summed E-state index contributed by atoms with van der Waals surface area (Å²) < 4.78 is 10.6. The molecule has 0 radical (unpaired) electrons. The molecule has 1 heterocycles. The average molecular weight is 478 g/mol. The molecule has 0 aliphatic rings. The van der Waals surface area contributed by atoms with Gasteiger partial charge in [0.25, 0.3) is 5.91 Å². The highest BCUT2D eigenvalue weighted by Crippen LogP contribution is 2.41. The van der Waals surface area contributed by atoms with Gasteiger partial charge in [0.15, 0.2) is 6.61 Å². The summed E-state index contributed by atoms with van der Waals surface area (Å²) in [7, 11) is 1.30. The van der Waals surface area contributed by atoms with E-state index in [-0.39, 0.29) is 6.61 Å². The third-order valence-corrected chi connectivity index (χ3v) is 6.47. The maximum atomic E-state index is 12.6. The third-order valence-electron chi connectivity index (χ3n) is 4.62. The minimum absolute atomic E-state index is 0.218. The second-order valence-corrected chi connectivity index (χ2v) is 8.99. The number of amides is 1. The summed E-state index contributed by atoms with van der Waals surface area (Å²) >= 11 is 13.6. The number of benzene rings is 2. The van der Waals surface area contributed by atoms with Gasteiger partial charge in [0, 0.05) is 20.5 Å². The lowest BCUT2D eigenvalue weighted by atomic mass is 10.0. The number of carbonyl (C=O) groups excluding carboxylic acids is 2. The van der Waals surface area contributed by atoms with Crippen LogP contribution in [0.4, 0.5) is 5.00 Å². The van der Waals surface area contributed by atoms with Crippen LogP contribution in [0.1, 0.15) is 26.4 Å². The number of hydrogen-bond acceptors (Lipinski definition) is 5. The number of anilines is 1. The Morgan fingerprint density at radius 2 is 1.74 bits per heavy atom. The molecule has 1 amide bonds. The Morgan fingerprint density at radius 3 is 2.35 bits per heavy atom. The van der Waals surface area contributed by atoms with E-state index in [4.69, 9.17) is 32.7 Å². The molecule has 8 heteroatoms. The highest BCUT2D eigenvalue weighted by molar-refractivity contribution is 7.17. The number of ether oxygens (including phenoxy) is 2. The Balaban J connectivity index is 1.85. The number of thiophene rings is 1. The van der Waals surface area contributed by atoms with E-state index in [0.29, 0.717) is 31.9 Å². The van der Waals surface area contributed by atoms with Gasteiger partial charge >= 0.3 is 5.97 Å². The minimum atomic E-state index is -0.542. The zero-order valence-electron chi connectivity index (χ0n) is 17.5. The van der Waals surface area contributed by atoms with Gasteiger partial charge in [-0.3, -0.25) is 4.79 Å². The number of esters is 1. The molecule has 0 fully saturated rings. The minimum Gasteiger partial charge on any atom is -0.484 e. The van der Waals surface area contributed by atoms with E-state index in [1.807, 2.05) is 26.8 Å². The molecule has 0 aliphatic carbocycles. The van der Waals surface area contributed by atoms with Crippen molar-refractivity contribution in [3.8, 4) is 16.9 Å². The van der Waals surface area contributed by atoms with Crippen LogP contribution in [0.25, 0.3) is 11.1 Å². The van der Waals surface area contributed by atoms with Gasteiger partial charge in [-0.25, -0.2) is 4.79 Å². The topological polar surface area (TPSA) is 64.6 Å². The zero-order valence-corrected chi connectivity index (χ0v) is 19.8. The van der Waals surface area contributed by atoms with E-state index in [2.05, 4.69) is 5.32 Å².